The molecule has 128 valence electrons. The maximum absolute atomic E-state index is 9.79. The molecule has 0 unspecified atom stereocenters. The van der Waals surface area contributed by atoms with Crippen molar-refractivity contribution in [1.29, 1.82) is 0 Å². The Morgan fingerprint density at radius 1 is 1.08 bits per heavy atom. The third kappa shape index (κ3) is 2.76. The molecule has 5 heteroatoms. The minimum absolute atomic E-state index is 0.0930. The number of aliphatic hydroxyl groups is 1. The lowest BCUT2D eigenvalue weighted by atomic mass is 9.91. The van der Waals surface area contributed by atoms with E-state index in [1.54, 1.807) is 19.2 Å². The van der Waals surface area contributed by atoms with Gasteiger partial charge >= 0.3 is 0 Å². The van der Waals surface area contributed by atoms with Crippen LogP contribution in [0.2, 0.25) is 0 Å². The molecule has 0 aromatic heterocycles. The van der Waals surface area contributed by atoms with E-state index in [9.17, 15) is 10.2 Å². The molecule has 3 rings (SSSR count). The van der Waals surface area contributed by atoms with Crippen LogP contribution in [0.3, 0.4) is 0 Å². The summed E-state index contributed by atoms with van der Waals surface area (Å²) in [5.74, 6) is 2.06. The Morgan fingerprint density at radius 3 is 2.50 bits per heavy atom. The van der Waals surface area contributed by atoms with Gasteiger partial charge in [0.1, 0.15) is 6.10 Å². The molecule has 0 aliphatic carbocycles. The van der Waals surface area contributed by atoms with Gasteiger partial charge in [0.25, 0.3) is 0 Å². The molecule has 1 aliphatic heterocycles. The highest BCUT2D eigenvalue weighted by atomic mass is 16.5. The van der Waals surface area contributed by atoms with E-state index in [0.29, 0.717) is 17.9 Å². The fraction of sp³-hybridized carbons (Fsp3) is 0.368. The Hall–Kier alpha value is -2.40. The molecule has 2 aromatic rings. The lowest BCUT2D eigenvalue weighted by Gasteiger charge is -2.17. The topological polar surface area (TPSA) is 68.2 Å². The first kappa shape index (κ1) is 16.5. The van der Waals surface area contributed by atoms with E-state index < -0.39 is 0 Å². The van der Waals surface area contributed by atoms with Gasteiger partial charge in [0.2, 0.25) is 0 Å². The zero-order valence-electron chi connectivity index (χ0n) is 14.1. The van der Waals surface area contributed by atoms with Crippen molar-refractivity contribution in [2.45, 2.75) is 25.4 Å². The van der Waals surface area contributed by atoms with Gasteiger partial charge in [0.15, 0.2) is 23.0 Å². The molecule has 0 radical (unpaired) electrons. The molecule has 5 nitrogen and oxygen atoms in total. The largest absolute Gasteiger partial charge is 0.504 e. The van der Waals surface area contributed by atoms with Crippen LogP contribution in [0.1, 0.15) is 35.6 Å². The van der Waals surface area contributed by atoms with E-state index in [0.717, 1.165) is 22.4 Å². The first-order valence-corrected chi connectivity index (χ1v) is 7.94. The summed E-state index contributed by atoms with van der Waals surface area (Å²) >= 11 is 0. The summed E-state index contributed by atoms with van der Waals surface area (Å²) in [5, 5.41) is 19.0. The first-order chi connectivity index (χ1) is 11.6. The van der Waals surface area contributed by atoms with E-state index in [-0.39, 0.29) is 24.4 Å². The van der Waals surface area contributed by atoms with Crippen LogP contribution in [0.25, 0.3) is 0 Å². The van der Waals surface area contributed by atoms with Crippen LogP contribution in [-0.2, 0) is 6.42 Å². The van der Waals surface area contributed by atoms with Crippen molar-refractivity contribution in [1.82, 2.24) is 0 Å². The van der Waals surface area contributed by atoms with Crippen LogP contribution in [0.4, 0.5) is 0 Å². The van der Waals surface area contributed by atoms with Gasteiger partial charge in [-0.1, -0.05) is 19.1 Å². The summed E-state index contributed by atoms with van der Waals surface area (Å²) in [5.41, 5.74) is 3.02. The fourth-order valence-corrected chi connectivity index (χ4v) is 3.19. The lowest BCUT2D eigenvalue weighted by molar-refractivity contribution is 0.207. The molecule has 0 bridgehead atoms. The Kier molecular flexibility index (Phi) is 4.53. The van der Waals surface area contributed by atoms with Crippen LogP contribution in [0, 0.1) is 0 Å². The number of hydrogen-bond donors (Lipinski definition) is 2. The number of phenolic OH excluding ortho intramolecular Hbond substituents is 1. The third-order valence-electron chi connectivity index (χ3n) is 4.49. The van der Waals surface area contributed by atoms with Crippen molar-refractivity contribution in [3.05, 3.63) is 47.0 Å². The summed E-state index contributed by atoms with van der Waals surface area (Å²) in [4.78, 5) is 0. The van der Waals surface area contributed by atoms with Crippen molar-refractivity contribution in [2.75, 3.05) is 20.8 Å². The number of aliphatic hydroxyl groups excluding tert-OH is 1. The van der Waals surface area contributed by atoms with Gasteiger partial charge in [0, 0.05) is 18.1 Å². The zero-order valence-corrected chi connectivity index (χ0v) is 14.1. The monoisotopic (exact) mass is 330 g/mol. The molecule has 0 amide bonds. The Labute approximate surface area is 141 Å². The number of benzene rings is 2. The van der Waals surface area contributed by atoms with Gasteiger partial charge in [0.05, 0.1) is 14.2 Å². The second kappa shape index (κ2) is 6.61. The van der Waals surface area contributed by atoms with Crippen molar-refractivity contribution in [2.24, 2.45) is 0 Å². The highest BCUT2D eigenvalue weighted by Gasteiger charge is 2.35. The van der Waals surface area contributed by atoms with Crippen LogP contribution >= 0.6 is 0 Å². The van der Waals surface area contributed by atoms with Gasteiger partial charge in [-0.2, -0.15) is 0 Å². The molecule has 2 N–H and O–H groups in total. The van der Waals surface area contributed by atoms with Crippen LogP contribution in [-0.4, -0.2) is 31.0 Å². The predicted octanol–water partition coefficient (Wildman–Crippen LogP) is 3.18. The molecule has 0 spiro atoms. The highest BCUT2D eigenvalue weighted by molar-refractivity contribution is 5.55. The van der Waals surface area contributed by atoms with Gasteiger partial charge in [-0.25, -0.2) is 0 Å². The maximum Gasteiger partial charge on any atom is 0.165 e. The summed E-state index contributed by atoms with van der Waals surface area (Å²) in [6, 6.07) is 9.22. The number of fused-ring (bicyclic) bond motifs is 1. The molecule has 2 atom stereocenters. The number of hydrogen-bond acceptors (Lipinski definition) is 5. The quantitative estimate of drug-likeness (QED) is 0.881. The Morgan fingerprint density at radius 2 is 1.83 bits per heavy atom. The predicted molar refractivity (Wildman–Crippen MR) is 90.2 cm³/mol. The molecular weight excluding hydrogens is 308 g/mol. The second-order valence-corrected chi connectivity index (χ2v) is 5.95. The molecular formula is C19H22O5. The van der Waals surface area contributed by atoms with Crippen molar-refractivity contribution in [3.8, 4) is 23.0 Å². The van der Waals surface area contributed by atoms with Crippen LogP contribution < -0.4 is 14.2 Å². The molecule has 2 aromatic carbocycles. The molecule has 1 heterocycles. The van der Waals surface area contributed by atoms with Gasteiger partial charge in [-0.15, -0.1) is 0 Å². The SMILES string of the molecule is COc1cc([C@H]2Oc3c(OC)cc(CCO)cc3[C@@H]2C)ccc1O. The standard InChI is InChI=1S/C19H22O5/c1-11-14-8-12(6-7-20)9-17(23-3)19(14)24-18(11)13-4-5-15(21)16(10-13)22-2/h4-5,8-11,18,20-21H,6-7H2,1-3H3/t11-,18-/m0/s1. The summed E-state index contributed by atoms with van der Waals surface area (Å²) in [7, 11) is 3.14. The number of rotatable bonds is 5. The number of methoxy groups -OCH3 is 2. The summed E-state index contributed by atoms with van der Waals surface area (Å²) in [6.45, 7) is 2.19. The van der Waals surface area contributed by atoms with Crippen LogP contribution in [0.5, 0.6) is 23.0 Å². The highest BCUT2D eigenvalue weighted by Crippen LogP contribution is 2.51. The molecule has 24 heavy (non-hydrogen) atoms. The Bertz CT molecular complexity index is 741. The van der Waals surface area contributed by atoms with Crippen LogP contribution in [0.15, 0.2) is 30.3 Å². The summed E-state index contributed by atoms with van der Waals surface area (Å²) in [6.07, 6.45) is 0.390. The van der Waals surface area contributed by atoms with Crippen molar-refractivity contribution < 1.29 is 24.4 Å². The van der Waals surface area contributed by atoms with Gasteiger partial charge in [-0.05, 0) is 35.7 Å². The van der Waals surface area contributed by atoms with Gasteiger partial charge < -0.3 is 24.4 Å². The smallest absolute Gasteiger partial charge is 0.165 e. The molecule has 1 aliphatic rings. The molecule has 0 saturated heterocycles. The van der Waals surface area contributed by atoms with E-state index >= 15 is 0 Å². The maximum atomic E-state index is 9.79. The second-order valence-electron chi connectivity index (χ2n) is 5.95. The van der Waals surface area contributed by atoms with Crippen molar-refractivity contribution in [3.63, 3.8) is 0 Å². The van der Waals surface area contributed by atoms with E-state index in [4.69, 9.17) is 14.2 Å². The third-order valence-corrected chi connectivity index (χ3v) is 4.49. The van der Waals surface area contributed by atoms with E-state index in [1.807, 2.05) is 12.1 Å². The van der Waals surface area contributed by atoms with Gasteiger partial charge in [-0.3, -0.25) is 0 Å². The average Bonchev–Trinajstić information content (AvgIpc) is 2.92. The number of ether oxygens (including phenoxy) is 3. The number of phenols is 1. The molecule has 0 fully saturated rings. The molecule has 0 saturated carbocycles. The fourth-order valence-electron chi connectivity index (χ4n) is 3.19. The summed E-state index contributed by atoms with van der Waals surface area (Å²) < 4.78 is 16.8. The average molecular weight is 330 g/mol. The van der Waals surface area contributed by atoms with E-state index in [2.05, 4.69) is 13.0 Å². The minimum atomic E-state index is -0.187. The van der Waals surface area contributed by atoms with E-state index in [1.165, 1.54) is 7.11 Å². The lowest BCUT2D eigenvalue weighted by Crippen LogP contribution is -2.07. The number of aromatic hydroxyl groups is 1. The minimum Gasteiger partial charge on any atom is -0.504 e. The zero-order chi connectivity index (χ0) is 17.3. The van der Waals surface area contributed by atoms with Crippen molar-refractivity contribution >= 4 is 0 Å². The first-order valence-electron chi connectivity index (χ1n) is 7.94. The Balaban J connectivity index is 1.99. The normalized spacial score (nSPS) is 18.8.